The summed E-state index contributed by atoms with van der Waals surface area (Å²) in [6.07, 6.45) is 0.196. The number of aromatic nitrogens is 1. The molecule has 4 heteroatoms. The molecule has 2 rings (SSSR count). The third kappa shape index (κ3) is 2.47. The number of carbonyl (C=O) groups excluding carboxylic acids is 1. The van der Waals surface area contributed by atoms with Crippen molar-refractivity contribution in [3.8, 4) is 0 Å². The first-order valence-corrected chi connectivity index (χ1v) is 5.36. The predicted molar refractivity (Wildman–Crippen MR) is 56.5 cm³/mol. The average Bonchev–Trinajstić information content (AvgIpc) is 2.70. The fraction of sp³-hybridized carbons (Fsp3) is 0.0909. The van der Waals surface area contributed by atoms with Gasteiger partial charge in [0.1, 0.15) is 11.5 Å². The second-order valence-electron chi connectivity index (χ2n) is 3.10. The molecular formula is C11H8FNOS. The van der Waals surface area contributed by atoms with Gasteiger partial charge in [0.25, 0.3) is 0 Å². The molecule has 0 radical (unpaired) electrons. The fourth-order valence-corrected chi connectivity index (χ4v) is 1.83. The van der Waals surface area contributed by atoms with E-state index in [9.17, 15) is 9.18 Å². The second-order valence-corrected chi connectivity index (χ2v) is 3.82. The quantitative estimate of drug-likeness (QED) is 0.746. The molecule has 1 aromatic carbocycles. The number of hydrogen-bond acceptors (Lipinski definition) is 3. The number of thiazole rings is 1. The Morgan fingerprint density at radius 2 is 2.33 bits per heavy atom. The van der Waals surface area contributed by atoms with Crippen molar-refractivity contribution < 1.29 is 9.18 Å². The first-order chi connectivity index (χ1) is 7.25. The molecule has 0 N–H and O–H groups in total. The number of nitrogens with zero attached hydrogens (tertiary/aromatic N) is 1. The lowest BCUT2D eigenvalue weighted by atomic mass is 10.1. The number of hydrogen-bond donors (Lipinski definition) is 0. The molecule has 0 aliphatic heterocycles. The Balaban J connectivity index is 2.13. The molecule has 2 aromatic rings. The minimum atomic E-state index is -0.321. The Morgan fingerprint density at radius 3 is 3.00 bits per heavy atom. The van der Waals surface area contributed by atoms with Crippen molar-refractivity contribution in [2.75, 3.05) is 0 Å². The highest BCUT2D eigenvalue weighted by Gasteiger charge is 2.08. The average molecular weight is 221 g/mol. The molecule has 1 aromatic heterocycles. The van der Waals surface area contributed by atoms with E-state index in [1.165, 1.54) is 23.5 Å². The summed E-state index contributed by atoms with van der Waals surface area (Å²) in [5.41, 5.74) is 2.73. The molecule has 2 nitrogen and oxygen atoms in total. The first-order valence-electron chi connectivity index (χ1n) is 4.41. The molecule has 0 unspecified atom stereocenters. The zero-order chi connectivity index (χ0) is 10.7. The fourth-order valence-electron chi connectivity index (χ4n) is 1.27. The SMILES string of the molecule is O=C(Cc1cccc(F)c1)c1cscn1. The third-order valence-electron chi connectivity index (χ3n) is 1.97. The van der Waals surface area contributed by atoms with Gasteiger partial charge in [-0.25, -0.2) is 9.37 Å². The lowest BCUT2D eigenvalue weighted by Gasteiger charge is -1.98. The van der Waals surface area contributed by atoms with Gasteiger partial charge in [-0.2, -0.15) is 0 Å². The van der Waals surface area contributed by atoms with Crippen molar-refractivity contribution in [3.05, 3.63) is 52.2 Å². The molecule has 0 fully saturated rings. The molecule has 0 atom stereocenters. The van der Waals surface area contributed by atoms with Crippen LogP contribution in [0.3, 0.4) is 0 Å². The van der Waals surface area contributed by atoms with Crippen LogP contribution in [-0.2, 0) is 6.42 Å². The molecule has 0 saturated heterocycles. The van der Waals surface area contributed by atoms with E-state index in [1.54, 1.807) is 23.0 Å². The van der Waals surface area contributed by atoms with Crippen LogP contribution in [0.5, 0.6) is 0 Å². The van der Waals surface area contributed by atoms with Crippen LogP contribution in [0.4, 0.5) is 4.39 Å². The van der Waals surface area contributed by atoms with Crippen LogP contribution in [0.15, 0.2) is 35.2 Å². The van der Waals surface area contributed by atoms with Gasteiger partial charge in [0, 0.05) is 11.8 Å². The van der Waals surface area contributed by atoms with Crippen molar-refractivity contribution in [1.82, 2.24) is 4.98 Å². The number of rotatable bonds is 3. The van der Waals surface area contributed by atoms with E-state index >= 15 is 0 Å². The van der Waals surface area contributed by atoms with Gasteiger partial charge in [-0.3, -0.25) is 4.79 Å². The van der Waals surface area contributed by atoms with Gasteiger partial charge < -0.3 is 0 Å². The topological polar surface area (TPSA) is 30.0 Å². The molecule has 0 amide bonds. The molecule has 76 valence electrons. The zero-order valence-corrected chi connectivity index (χ0v) is 8.63. The summed E-state index contributed by atoms with van der Waals surface area (Å²) in [6, 6.07) is 6.05. The van der Waals surface area contributed by atoms with E-state index < -0.39 is 0 Å². The highest BCUT2D eigenvalue weighted by Crippen LogP contribution is 2.09. The van der Waals surface area contributed by atoms with Gasteiger partial charge in [-0.1, -0.05) is 12.1 Å². The molecule has 15 heavy (non-hydrogen) atoms. The van der Waals surface area contributed by atoms with Crippen LogP contribution in [0.25, 0.3) is 0 Å². The Labute approximate surface area is 90.4 Å². The Bertz CT molecular complexity index is 467. The van der Waals surface area contributed by atoms with Gasteiger partial charge in [0.15, 0.2) is 5.78 Å². The molecule has 1 heterocycles. The summed E-state index contributed by atoms with van der Waals surface area (Å²) in [6.45, 7) is 0. The Kier molecular flexibility index (Phi) is 2.87. The number of halogens is 1. The molecule has 0 aliphatic carbocycles. The van der Waals surface area contributed by atoms with Crippen LogP contribution < -0.4 is 0 Å². The maximum Gasteiger partial charge on any atom is 0.186 e. The third-order valence-corrected chi connectivity index (χ3v) is 2.56. The smallest absolute Gasteiger partial charge is 0.186 e. The van der Waals surface area contributed by atoms with E-state index in [4.69, 9.17) is 0 Å². The van der Waals surface area contributed by atoms with Gasteiger partial charge in [-0.15, -0.1) is 11.3 Å². The molecule has 0 aliphatic rings. The number of carbonyl (C=O) groups is 1. The predicted octanol–water partition coefficient (Wildman–Crippen LogP) is 2.71. The minimum absolute atomic E-state index is 0.0816. The standard InChI is InChI=1S/C11H8FNOS/c12-9-3-1-2-8(4-9)5-11(14)10-6-15-7-13-10/h1-4,6-7H,5H2. The van der Waals surface area contributed by atoms with E-state index in [2.05, 4.69) is 4.98 Å². The lowest BCUT2D eigenvalue weighted by molar-refractivity contribution is 0.0989. The largest absolute Gasteiger partial charge is 0.292 e. The monoisotopic (exact) mass is 221 g/mol. The summed E-state index contributed by atoms with van der Waals surface area (Å²) in [4.78, 5) is 15.5. The van der Waals surface area contributed by atoms with E-state index in [0.717, 1.165) is 0 Å². The van der Waals surface area contributed by atoms with E-state index in [1.807, 2.05) is 0 Å². The normalized spacial score (nSPS) is 10.2. The van der Waals surface area contributed by atoms with Gasteiger partial charge in [0.2, 0.25) is 0 Å². The maximum atomic E-state index is 12.8. The van der Waals surface area contributed by atoms with Crippen LogP contribution in [-0.4, -0.2) is 10.8 Å². The number of benzene rings is 1. The maximum absolute atomic E-state index is 12.8. The Morgan fingerprint density at radius 1 is 1.47 bits per heavy atom. The van der Waals surface area contributed by atoms with E-state index in [-0.39, 0.29) is 18.0 Å². The highest BCUT2D eigenvalue weighted by molar-refractivity contribution is 7.07. The van der Waals surface area contributed by atoms with Crippen molar-refractivity contribution >= 4 is 17.1 Å². The van der Waals surface area contributed by atoms with Crippen LogP contribution >= 0.6 is 11.3 Å². The molecule has 0 spiro atoms. The van der Waals surface area contributed by atoms with Crippen LogP contribution in [0.1, 0.15) is 16.1 Å². The lowest BCUT2D eigenvalue weighted by Crippen LogP contribution is -2.03. The number of Topliss-reactive ketones (excluding diaryl/α,β-unsaturated/α-hetero) is 1. The van der Waals surface area contributed by atoms with Crippen molar-refractivity contribution in [3.63, 3.8) is 0 Å². The minimum Gasteiger partial charge on any atom is -0.292 e. The van der Waals surface area contributed by atoms with Crippen molar-refractivity contribution in [2.45, 2.75) is 6.42 Å². The molecule has 0 bridgehead atoms. The summed E-state index contributed by atoms with van der Waals surface area (Å²) in [7, 11) is 0. The Hall–Kier alpha value is -1.55. The highest BCUT2D eigenvalue weighted by atomic mass is 32.1. The number of ketones is 1. The van der Waals surface area contributed by atoms with Crippen molar-refractivity contribution in [2.24, 2.45) is 0 Å². The summed E-state index contributed by atoms with van der Waals surface area (Å²) in [5, 5.41) is 1.70. The zero-order valence-electron chi connectivity index (χ0n) is 7.81. The van der Waals surface area contributed by atoms with E-state index in [0.29, 0.717) is 11.3 Å². The molecule has 0 saturated carbocycles. The summed E-state index contributed by atoms with van der Waals surface area (Å²) >= 11 is 1.38. The first kappa shape index (κ1) is 9.98. The van der Waals surface area contributed by atoms with Crippen LogP contribution in [0.2, 0.25) is 0 Å². The van der Waals surface area contributed by atoms with Crippen LogP contribution in [0, 0.1) is 5.82 Å². The van der Waals surface area contributed by atoms with Gasteiger partial charge >= 0.3 is 0 Å². The second kappa shape index (κ2) is 4.31. The van der Waals surface area contributed by atoms with Gasteiger partial charge in [0.05, 0.1) is 5.51 Å². The summed E-state index contributed by atoms with van der Waals surface area (Å²) < 4.78 is 12.8. The summed E-state index contributed by atoms with van der Waals surface area (Å²) in [5.74, 6) is -0.402. The van der Waals surface area contributed by atoms with Crippen molar-refractivity contribution in [1.29, 1.82) is 0 Å². The van der Waals surface area contributed by atoms with Gasteiger partial charge in [-0.05, 0) is 17.7 Å². The molecular weight excluding hydrogens is 213 g/mol.